The Morgan fingerprint density at radius 3 is 0.985 bits per heavy atom. The molecular formula is C108H90Bi6N12OS5. The fourth-order valence-corrected chi connectivity index (χ4v) is 32.2. The predicted molar refractivity (Wildman–Crippen MR) is 582 cm³/mol. The van der Waals surface area contributed by atoms with Crippen LogP contribution < -0.4 is 20.7 Å². The van der Waals surface area contributed by atoms with Gasteiger partial charge in [-0.3, -0.25) is 0 Å². The van der Waals surface area contributed by atoms with Crippen molar-refractivity contribution in [2.24, 2.45) is 0 Å². The molecule has 0 fully saturated rings. The van der Waals surface area contributed by atoms with Gasteiger partial charge in [0.05, 0.1) is 0 Å². The molecule has 24 heteroatoms. The summed E-state index contributed by atoms with van der Waals surface area (Å²) in [5, 5.41) is 15.6. The van der Waals surface area contributed by atoms with Crippen LogP contribution in [-0.2, 0) is 0 Å². The second-order valence-electron chi connectivity index (χ2n) is 32.9. The summed E-state index contributed by atoms with van der Waals surface area (Å²) >= 11 is 13.5. The molecule has 0 radical (unpaired) electrons. The molecule has 13 nitrogen and oxygen atoms in total. The average Bonchev–Trinajstić information content (AvgIpc) is 1.41. The number of benzene rings is 12. The molecule has 12 heterocycles. The van der Waals surface area contributed by atoms with Crippen molar-refractivity contribution in [3.8, 4) is 67.8 Å². The number of fused-ring (bicyclic) bond motifs is 18. The van der Waals surface area contributed by atoms with Gasteiger partial charge >= 0.3 is 886 Å². The number of para-hydroxylation sites is 1. The van der Waals surface area contributed by atoms with E-state index in [0.717, 1.165) is 196 Å². The predicted octanol–water partition coefficient (Wildman–Crippen LogP) is 19.9. The maximum atomic E-state index is 6.11. The van der Waals surface area contributed by atoms with Crippen LogP contribution in [0.1, 0.15) is 67.8 Å². The Morgan fingerprint density at radius 2 is 0.561 bits per heavy atom. The molecule has 0 aliphatic heterocycles. The van der Waals surface area contributed by atoms with E-state index in [9.17, 15) is 0 Å². The van der Waals surface area contributed by atoms with Crippen molar-refractivity contribution < 1.29 is 4.42 Å². The minimum absolute atomic E-state index is 0.584. The molecule has 0 saturated carbocycles. The van der Waals surface area contributed by atoms with Gasteiger partial charge in [-0.05, 0) is 0 Å². The Balaban J connectivity index is 0.000000102. The number of pyridine rings is 2. The summed E-state index contributed by atoms with van der Waals surface area (Å²) in [6.07, 6.45) is 0. The van der Waals surface area contributed by atoms with E-state index in [1.807, 2.05) is 95.7 Å². The van der Waals surface area contributed by atoms with Crippen molar-refractivity contribution in [3.63, 3.8) is 0 Å². The summed E-state index contributed by atoms with van der Waals surface area (Å²) in [4.78, 5) is 55.2. The third-order valence-electron chi connectivity index (χ3n) is 23.2. The summed E-state index contributed by atoms with van der Waals surface area (Å²) in [5.41, 5.74) is 23.5. The summed E-state index contributed by atoms with van der Waals surface area (Å²) in [5.74, 6) is 4.85. The molecule has 24 aromatic rings. The first-order chi connectivity index (χ1) is 63.8. The third kappa shape index (κ3) is 19.1. The number of thiophene rings is 5. The molecule has 0 unspecified atom stereocenters. The standard InChI is InChI=1S/2C19H14NS.2C18H13N2S.C17H12N3O.C17H12N3S.6Bi.12H/c1-12-9-10-20-16(11-12)18-13(2)7-8-15-14-5-3-4-6-17(14)21-19(15)18;1-12-7-8-16-15-5-3-4-6-17(15)21-19(16)18(12)14-9-10-20-13(2)11-14;1-11-7-8-14-13-5-3-4-6-16(13)21-18(14)17(11)15-9-10-19-12(2)20-15;1-11-7-8-14-13-5-3-4-6-15(13)21-17(14)16(11)18-19-10-9-12(2)20-18;2*1-10-7-8-13-12-5-3-4-6-14(12)21-16(13)15(10)17-19-9-18-11(2)20-17;;;;;;;;;;;;;;;;;;/h2*3-9,11H,1-2H3;2*3-9H,1-2H3;2*3-8H,1-2H3;;;;;;;;;;;;;;;;;;. The van der Waals surface area contributed by atoms with Crippen LogP contribution in [0, 0.1) is 83.1 Å². The van der Waals surface area contributed by atoms with Gasteiger partial charge in [-0.25, -0.2) is 0 Å². The molecular weight excluding hydrogens is 2900 g/mol. The third-order valence-corrected chi connectivity index (χ3v) is 35.9. The van der Waals surface area contributed by atoms with Gasteiger partial charge < -0.3 is 0 Å². The van der Waals surface area contributed by atoms with E-state index in [2.05, 4.69) is 339 Å². The van der Waals surface area contributed by atoms with Crippen LogP contribution in [0.2, 0.25) is 0 Å². The SMILES string of the molecule is Cc1c[c]([BiH2])nc(-c2c(C)ccc3c2sc2ccccc23)c1.Cc1c[c]([BiH2])nc(-c2c(C)ccc3c2sc2ccccc23)n1.Cc1cc(-c2c(C)ccc3c2sc2ccccc23)c[c]([BiH2])n1.Cc1n[c]([BiH2])cc(-c2c(C)ccc3c2sc2ccccc23)n1.Cc1n[c]([BiH2])nc(-c2c(C)ccc3c2oc2ccccc23)n1.Cc1n[c]([BiH2])nc(-c2c(C)ccc3c2sc2ccccc23)n1. The number of hydrogen-bond acceptors (Lipinski definition) is 18. The van der Waals surface area contributed by atoms with E-state index >= 15 is 0 Å². The number of hydrogen-bond donors (Lipinski definition) is 0. The Hall–Kier alpha value is -8.68. The van der Waals surface area contributed by atoms with Gasteiger partial charge in [0.25, 0.3) is 0 Å². The number of aromatic nitrogens is 12. The van der Waals surface area contributed by atoms with E-state index in [4.69, 9.17) is 24.4 Å². The van der Waals surface area contributed by atoms with Crippen LogP contribution in [0.25, 0.3) is 191 Å². The number of nitrogens with zero attached hydrogens (tertiary/aromatic N) is 12. The molecule has 0 saturated heterocycles. The number of aryl methyl sites for hydroxylation is 12. The summed E-state index contributed by atoms with van der Waals surface area (Å²) in [7, 11) is 0. The summed E-state index contributed by atoms with van der Waals surface area (Å²) in [6, 6.07) is 90.9. The number of furan rings is 1. The van der Waals surface area contributed by atoms with Gasteiger partial charge in [-0.1, -0.05) is 0 Å². The molecule has 0 atom stereocenters. The van der Waals surface area contributed by atoms with Gasteiger partial charge in [-0.2, -0.15) is 0 Å². The van der Waals surface area contributed by atoms with Gasteiger partial charge in [-0.15, -0.1) is 0 Å². The molecule has 12 aromatic heterocycles. The molecule has 24 rings (SSSR count). The van der Waals surface area contributed by atoms with Gasteiger partial charge in [0, 0.05) is 0 Å². The minimum atomic E-state index is 0.584. The maximum absolute atomic E-state index is 6.11. The van der Waals surface area contributed by atoms with Crippen molar-refractivity contribution >= 4 is 348 Å². The Labute approximate surface area is 874 Å². The quantitative estimate of drug-likeness (QED) is 0.144. The summed E-state index contributed by atoms with van der Waals surface area (Å²) < 4.78 is 26.1. The topological polar surface area (TPSA) is 168 Å². The van der Waals surface area contributed by atoms with Crippen LogP contribution in [0.3, 0.4) is 0 Å². The van der Waals surface area contributed by atoms with Crippen molar-refractivity contribution in [2.75, 3.05) is 0 Å². The second kappa shape index (κ2) is 39.6. The van der Waals surface area contributed by atoms with Gasteiger partial charge in [0.1, 0.15) is 0 Å². The molecule has 0 aliphatic carbocycles. The zero-order chi connectivity index (χ0) is 91.6. The average molecular weight is 2990 g/mol. The fourth-order valence-electron chi connectivity index (χ4n) is 17.5. The molecule has 12 aromatic carbocycles. The molecule has 0 aliphatic rings. The van der Waals surface area contributed by atoms with Crippen LogP contribution in [-0.4, -0.2) is 208 Å². The molecule has 132 heavy (non-hydrogen) atoms. The van der Waals surface area contributed by atoms with Crippen molar-refractivity contribution in [1.82, 2.24) is 59.8 Å². The van der Waals surface area contributed by atoms with Crippen LogP contribution in [0.4, 0.5) is 0 Å². The zero-order valence-electron chi connectivity index (χ0n) is 74.5. The van der Waals surface area contributed by atoms with E-state index in [-0.39, 0.29) is 0 Å². The molecule has 0 amide bonds. The fraction of sp³-hybridized carbons (Fsp3) is 0.111. The van der Waals surface area contributed by atoms with Crippen LogP contribution in [0.15, 0.2) is 259 Å². The van der Waals surface area contributed by atoms with E-state index in [1.54, 1.807) is 0 Å². The molecule has 0 bridgehead atoms. The number of rotatable bonds is 6. The first kappa shape index (κ1) is 92.4. The van der Waals surface area contributed by atoms with Crippen LogP contribution in [0.5, 0.6) is 0 Å². The van der Waals surface area contributed by atoms with Crippen molar-refractivity contribution in [3.05, 3.63) is 323 Å². The molecule has 648 valence electrons. The molecule has 0 spiro atoms. The van der Waals surface area contributed by atoms with E-state index < -0.39 is 0 Å². The second-order valence-corrected chi connectivity index (χ2v) is 51.4. The van der Waals surface area contributed by atoms with Crippen molar-refractivity contribution in [2.45, 2.75) is 83.1 Å². The molecule has 0 N–H and O–H groups in total. The monoisotopic (exact) mass is 2980 g/mol. The first-order valence-electron chi connectivity index (χ1n) is 42.9. The Morgan fingerprint density at radius 1 is 0.227 bits per heavy atom. The van der Waals surface area contributed by atoms with E-state index in [0.29, 0.717) is 55.3 Å². The Kier molecular flexibility index (Phi) is 27.7. The van der Waals surface area contributed by atoms with Crippen LogP contribution >= 0.6 is 56.7 Å². The van der Waals surface area contributed by atoms with E-state index in [1.165, 1.54) is 176 Å². The van der Waals surface area contributed by atoms with Gasteiger partial charge in [0.2, 0.25) is 0 Å². The Bertz CT molecular complexity index is 7300. The summed E-state index contributed by atoms with van der Waals surface area (Å²) in [6.45, 7) is 25.1. The van der Waals surface area contributed by atoms with Gasteiger partial charge in [0.15, 0.2) is 0 Å². The van der Waals surface area contributed by atoms with Crippen molar-refractivity contribution in [1.29, 1.82) is 0 Å². The normalized spacial score (nSPS) is 11.4. The first-order valence-corrected chi connectivity index (χ1v) is 60.5. The zero-order valence-corrected chi connectivity index (χ0v) is 106.